The van der Waals surface area contributed by atoms with E-state index >= 15 is 0 Å². The van der Waals surface area contributed by atoms with Gasteiger partial charge in [0, 0.05) is 32.5 Å². The molecule has 0 spiro atoms. The maximum Gasteiger partial charge on any atom is 0.270 e. The number of carbonyl (C=O) groups is 1. The van der Waals surface area contributed by atoms with E-state index in [9.17, 15) is 4.79 Å². The first-order valence-corrected chi connectivity index (χ1v) is 8.00. The highest BCUT2D eigenvalue weighted by Gasteiger charge is 2.10. The number of rotatable bonds is 8. The molecule has 0 bridgehead atoms. The van der Waals surface area contributed by atoms with Crippen LogP contribution in [0.4, 0.5) is 5.95 Å². The molecule has 24 heavy (non-hydrogen) atoms. The van der Waals surface area contributed by atoms with Crippen molar-refractivity contribution >= 4 is 11.9 Å². The molecule has 0 atom stereocenters. The van der Waals surface area contributed by atoms with E-state index in [1.807, 2.05) is 38.1 Å². The molecular formula is C18H24N4O2. The molecule has 0 fully saturated rings. The second kappa shape index (κ2) is 8.98. The van der Waals surface area contributed by atoms with Gasteiger partial charge in [0.1, 0.15) is 5.69 Å². The minimum atomic E-state index is -0.207. The van der Waals surface area contributed by atoms with Crippen molar-refractivity contribution in [2.45, 2.75) is 26.8 Å². The molecule has 2 N–H and O–H groups in total. The van der Waals surface area contributed by atoms with Crippen molar-refractivity contribution in [1.82, 2.24) is 15.3 Å². The number of nitrogens with zero attached hydrogens (tertiary/aromatic N) is 2. The number of hydrogen-bond acceptors (Lipinski definition) is 5. The van der Waals surface area contributed by atoms with Crippen molar-refractivity contribution in [3.63, 3.8) is 0 Å². The minimum Gasteiger partial charge on any atom is -0.385 e. The Morgan fingerprint density at radius 1 is 1.17 bits per heavy atom. The Morgan fingerprint density at radius 3 is 2.62 bits per heavy atom. The highest BCUT2D eigenvalue weighted by atomic mass is 16.5. The van der Waals surface area contributed by atoms with Crippen LogP contribution in [-0.2, 0) is 11.3 Å². The number of ether oxygens (including phenoxy) is 1. The van der Waals surface area contributed by atoms with Crippen LogP contribution < -0.4 is 10.6 Å². The van der Waals surface area contributed by atoms with Gasteiger partial charge in [-0.15, -0.1) is 0 Å². The molecule has 0 saturated carbocycles. The smallest absolute Gasteiger partial charge is 0.270 e. The summed E-state index contributed by atoms with van der Waals surface area (Å²) in [5.41, 5.74) is 3.36. The average molecular weight is 328 g/mol. The van der Waals surface area contributed by atoms with Crippen molar-refractivity contribution in [1.29, 1.82) is 0 Å². The third kappa shape index (κ3) is 5.62. The van der Waals surface area contributed by atoms with Crippen LogP contribution in [0, 0.1) is 13.8 Å². The van der Waals surface area contributed by atoms with Crippen molar-refractivity contribution in [2.75, 3.05) is 25.6 Å². The van der Waals surface area contributed by atoms with Gasteiger partial charge in [-0.25, -0.2) is 9.97 Å². The van der Waals surface area contributed by atoms with Crippen molar-refractivity contribution < 1.29 is 9.53 Å². The number of anilines is 1. The summed E-state index contributed by atoms with van der Waals surface area (Å²) in [6.07, 6.45) is 0.850. The van der Waals surface area contributed by atoms with Gasteiger partial charge in [0.2, 0.25) is 5.95 Å². The normalized spacial score (nSPS) is 10.5. The topological polar surface area (TPSA) is 76.1 Å². The molecule has 0 aliphatic heterocycles. The number of amides is 1. The molecule has 0 aliphatic rings. The zero-order valence-corrected chi connectivity index (χ0v) is 14.4. The zero-order valence-electron chi connectivity index (χ0n) is 14.4. The summed E-state index contributed by atoms with van der Waals surface area (Å²) in [6.45, 7) is 5.72. The number of nitrogens with one attached hydrogen (secondary N) is 2. The van der Waals surface area contributed by atoms with E-state index < -0.39 is 0 Å². The fourth-order valence-electron chi connectivity index (χ4n) is 2.16. The number of hydrogen-bond donors (Lipinski definition) is 2. The Kier molecular flexibility index (Phi) is 6.69. The Bertz CT molecular complexity index is 671. The van der Waals surface area contributed by atoms with Gasteiger partial charge in [-0.05, 0) is 31.9 Å². The summed E-state index contributed by atoms with van der Waals surface area (Å²) in [5.74, 6) is 0.257. The van der Waals surface area contributed by atoms with Crippen LogP contribution in [0.15, 0.2) is 30.3 Å². The molecule has 2 aromatic rings. The molecular weight excluding hydrogens is 304 g/mol. The van der Waals surface area contributed by atoms with Gasteiger partial charge in [-0.2, -0.15) is 0 Å². The van der Waals surface area contributed by atoms with Gasteiger partial charge < -0.3 is 15.4 Å². The summed E-state index contributed by atoms with van der Waals surface area (Å²) < 4.78 is 5.00. The fraction of sp³-hybridized carbons (Fsp3) is 0.389. The molecule has 128 valence electrons. The molecule has 1 aromatic heterocycles. The average Bonchev–Trinajstić information content (AvgIpc) is 2.57. The summed E-state index contributed by atoms with van der Waals surface area (Å²) in [5, 5.41) is 6.00. The van der Waals surface area contributed by atoms with Crippen LogP contribution in [0.3, 0.4) is 0 Å². The fourth-order valence-corrected chi connectivity index (χ4v) is 2.16. The van der Waals surface area contributed by atoms with Gasteiger partial charge in [0.05, 0.1) is 0 Å². The third-order valence-corrected chi connectivity index (χ3v) is 3.47. The van der Waals surface area contributed by atoms with E-state index in [4.69, 9.17) is 4.74 Å². The molecule has 0 aliphatic carbocycles. The lowest BCUT2D eigenvalue weighted by Gasteiger charge is -2.09. The lowest BCUT2D eigenvalue weighted by Crippen LogP contribution is -2.24. The van der Waals surface area contributed by atoms with Gasteiger partial charge >= 0.3 is 0 Å². The van der Waals surface area contributed by atoms with Crippen LogP contribution in [0.5, 0.6) is 0 Å². The molecule has 6 heteroatoms. The van der Waals surface area contributed by atoms with Crippen LogP contribution >= 0.6 is 0 Å². The van der Waals surface area contributed by atoms with Gasteiger partial charge in [0.15, 0.2) is 0 Å². The highest BCUT2D eigenvalue weighted by molar-refractivity contribution is 5.92. The molecule has 0 radical (unpaired) electrons. The summed E-state index contributed by atoms with van der Waals surface area (Å²) in [6, 6.07) is 9.74. The van der Waals surface area contributed by atoms with E-state index in [-0.39, 0.29) is 5.91 Å². The molecule has 2 rings (SSSR count). The first-order valence-electron chi connectivity index (χ1n) is 8.00. The Balaban J connectivity index is 1.95. The van der Waals surface area contributed by atoms with Crippen molar-refractivity contribution in [3.8, 4) is 0 Å². The standard InChI is InChI=1S/C18H24N4O2/c1-13-5-7-15(8-6-13)12-20-17(23)16-11-14(2)21-18(22-16)19-9-4-10-24-3/h5-8,11H,4,9-10,12H2,1-3H3,(H,20,23)(H,19,21,22). The molecule has 1 heterocycles. The van der Waals surface area contributed by atoms with Crippen LogP contribution in [0.25, 0.3) is 0 Å². The van der Waals surface area contributed by atoms with E-state index in [0.717, 1.165) is 17.7 Å². The molecule has 6 nitrogen and oxygen atoms in total. The lowest BCUT2D eigenvalue weighted by molar-refractivity contribution is 0.0945. The maximum atomic E-state index is 12.3. The molecule has 1 amide bonds. The maximum absolute atomic E-state index is 12.3. The van der Waals surface area contributed by atoms with Crippen molar-refractivity contribution in [3.05, 3.63) is 52.8 Å². The van der Waals surface area contributed by atoms with Gasteiger partial charge in [-0.3, -0.25) is 4.79 Å². The first-order chi connectivity index (χ1) is 11.6. The number of benzene rings is 1. The lowest BCUT2D eigenvalue weighted by atomic mass is 10.1. The largest absolute Gasteiger partial charge is 0.385 e. The van der Waals surface area contributed by atoms with E-state index in [1.54, 1.807) is 13.2 Å². The molecule has 1 aromatic carbocycles. The second-order valence-corrected chi connectivity index (χ2v) is 5.66. The SMILES string of the molecule is COCCCNc1nc(C)cc(C(=O)NCc2ccc(C)cc2)n1. The van der Waals surface area contributed by atoms with E-state index in [2.05, 4.69) is 20.6 Å². The summed E-state index contributed by atoms with van der Waals surface area (Å²) in [7, 11) is 1.67. The Morgan fingerprint density at radius 2 is 1.92 bits per heavy atom. The third-order valence-electron chi connectivity index (χ3n) is 3.47. The molecule has 0 saturated heterocycles. The number of aryl methyl sites for hydroxylation is 2. The number of carbonyl (C=O) groups excluding carboxylic acids is 1. The minimum absolute atomic E-state index is 0.207. The van der Waals surface area contributed by atoms with E-state index in [0.29, 0.717) is 31.3 Å². The molecule has 0 unspecified atom stereocenters. The van der Waals surface area contributed by atoms with Crippen LogP contribution in [0.2, 0.25) is 0 Å². The summed E-state index contributed by atoms with van der Waals surface area (Å²) >= 11 is 0. The second-order valence-electron chi connectivity index (χ2n) is 5.66. The Hall–Kier alpha value is -2.47. The first kappa shape index (κ1) is 17.9. The van der Waals surface area contributed by atoms with Crippen LogP contribution in [-0.4, -0.2) is 36.1 Å². The van der Waals surface area contributed by atoms with Crippen LogP contribution in [0.1, 0.15) is 33.7 Å². The summed E-state index contributed by atoms with van der Waals surface area (Å²) in [4.78, 5) is 20.9. The van der Waals surface area contributed by atoms with Crippen molar-refractivity contribution in [2.24, 2.45) is 0 Å². The quantitative estimate of drug-likeness (QED) is 0.728. The van der Waals surface area contributed by atoms with Gasteiger partial charge in [0.25, 0.3) is 5.91 Å². The monoisotopic (exact) mass is 328 g/mol. The Labute approximate surface area is 142 Å². The van der Waals surface area contributed by atoms with Gasteiger partial charge in [-0.1, -0.05) is 29.8 Å². The number of methoxy groups -OCH3 is 1. The van der Waals surface area contributed by atoms with E-state index in [1.165, 1.54) is 5.56 Å². The predicted octanol–water partition coefficient (Wildman–Crippen LogP) is 2.47. The number of aromatic nitrogens is 2. The zero-order chi connectivity index (χ0) is 17.4. The highest BCUT2D eigenvalue weighted by Crippen LogP contribution is 2.07. The predicted molar refractivity (Wildman–Crippen MR) is 94.1 cm³/mol.